The Balaban J connectivity index is 0.00000225. The zero-order chi connectivity index (χ0) is 18.3. The van der Waals surface area contributed by atoms with E-state index in [4.69, 9.17) is 14.1 Å². The van der Waals surface area contributed by atoms with Gasteiger partial charge in [0.2, 0.25) is 0 Å². The lowest BCUT2D eigenvalue weighted by Crippen LogP contribution is -2.47. The number of ether oxygens (including phenoxy) is 1. The SMILES string of the molecule is I.c1coc(CCN=C(NC2CCCSC2)NC2CCOc3ccccc32)c1. The lowest BCUT2D eigenvalue weighted by atomic mass is 10.0. The summed E-state index contributed by atoms with van der Waals surface area (Å²) >= 11 is 2.02. The van der Waals surface area contributed by atoms with Gasteiger partial charge in [-0.2, -0.15) is 11.8 Å². The number of halogens is 1. The molecule has 1 aromatic heterocycles. The van der Waals surface area contributed by atoms with Crippen molar-refractivity contribution in [3.63, 3.8) is 0 Å². The topological polar surface area (TPSA) is 58.8 Å². The van der Waals surface area contributed by atoms with Gasteiger partial charge in [0.25, 0.3) is 0 Å². The van der Waals surface area contributed by atoms with E-state index < -0.39 is 0 Å². The van der Waals surface area contributed by atoms with Crippen molar-refractivity contribution in [1.29, 1.82) is 0 Å². The van der Waals surface area contributed by atoms with Crippen LogP contribution >= 0.6 is 35.7 Å². The first-order chi connectivity index (χ1) is 13.4. The molecular weight excluding hydrogens is 485 g/mol. The van der Waals surface area contributed by atoms with Gasteiger partial charge in [-0.1, -0.05) is 18.2 Å². The summed E-state index contributed by atoms with van der Waals surface area (Å²) < 4.78 is 11.2. The smallest absolute Gasteiger partial charge is 0.192 e. The molecule has 1 fully saturated rings. The number of thioether (sulfide) groups is 1. The Morgan fingerprint density at radius 2 is 2.07 bits per heavy atom. The molecule has 3 heterocycles. The van der Waals surface area contributed by atoms with Crippen LogP contribution in [-0.4, -0.2) is 36.7 Å². The van der Waals surface area contributed by atoms with E-state index in [0.29, 0.717) is 12.6 Å². The van der Waals surface area contributed by atoms with Crippen LogP contribution in [0.4, 0.5) is 0 Å². The number of fused-ring (bicyclic) bond motifs is 1. The molecule has 2 atom stereocenters. The number of nitrogens with one attached hydrogen (secondary N) is 2. The molecule has 28 heavy (non-hydrogen) atoms. The summed E-state index contributed by atoms with van der Waals surface area (Å²) in [7, 11) is 0. The molecule has 2 unspecified atom stereocenters. The number of rotatable bonds is 5. The van der Waals surface area contributed by atoms with Gasteiger partial charge in [-0.25, -0.2) is 0 Å². The van der Waals surface area contributed by atoms with E-state index in [1.165, 1.54) is 24.2 Å². The van der Waals surface area contributed by atoms with Crippen molar-refractivity contribution in [2.24, 2.45) is 4.99 Å². The zero-order valence-corrected chi connectivity index (χ0v) is 19.1. The second kappa shape index (κ2) is 11.0. The molecule has 2 aliphatic heterocycles. The van der Waals surface area contributed by atoms with Crippen molar-refractivity contribution >= 4 is 41.7 Å². The van der Waals surface area contributed by atoms with Crippen molar-refractivity contribution in [2.45, 2.75) is 37.8 Å². The molecule has 4 rings (SSSR count). The standard InChI is InChI=1S/C21H27N3O2S.HI/c1-2-8-20-18(7-1)19(10-13-26-20)24-21(23-16-5-4-14-27-15-16)22-11-9-17-6-3-12-25-17;/h1-3,6-8,12,16,19H,4-5,9-11,13-15H2,(H2,22,23,24);1H. The average molecular weight is 513 g/mol. The average Bonchev–Trinajstić information content (AvgIpc) is 3.22. The minimum Gasteiger partial charge on any atom is -0.493 e. The fourth-order valence-corrected chi connectivity index (χ4v) is 4.64. The molecule has 2 aromatic rings. The van der Waals surface area contributed by atoms with Crippen molar-refractivity contribution in [1.82, 2.24) is 10.6 Å². The van der Waals surface area contributed by atoms with Crippen LogP contribution in [0, 0.1) is 0 Å². The second-order valence-corrected chi connectivity index (χ2v) is 8.14. The van der Waals surface area contributed by atoms with Gasteiger partial charge in [-0.05, 0) is 36.8 Å². The van der Waals surface area contributed by atoms with E-state index in [0.717, 1.165) is 42.7 Å². The number of benzene rings is 1. The molecule has 152 valence electrons. The van der Waals surface area contributed by atoms with Crippen LogP contribution in [-0.2, 0) is 6.42 Å². The first kappa shape index (κ1) is 21.4. The summed E-state index contributed by atoms with van der Waals surface area (Å²) in [6.45, 7) is 1.43. The summed E-state index contributed by atoms with van der Waals surface area (Å²) in [5.41, 5.74) is 1.21. The monoisotopic (exact) mass is 513 g/mol. The summed E-state index contributed by atoms with van der Waals surface area (Å²) in [4.78, 5) is 4.84. The fraction of sp³-hybridized carbons (Fsp3) is 0.476. The molecule has 0 radical (unpaired) electrons. The minimum absolute atomic E-state index is 0. The Hall–Kier alpha value is -1.35. The van der Waals surface area contributed by atoms with Crippen LogP contribution in [0.2, 0.25) is 0 Å². The maximum atomic E-state index is 5.80. The number of hydrogen-bond donors (Lipinski definition) is 2. The van der Waals surface area contributed by atoms with E-state index in [1.807, 2.05) is 36.0 Å². The lowest BCUT2D eigenvalue weighted by molar-refractivity contribution is 0.261. The van der Waals surface area contributed by atoms with E-state index in [-0.39, 0.29) is 30.0 Å². The molecule has 0 bridgehead atoms. The highest BCUT2D eigenvalue weighted by Gasteiger charge is 2.23. The number of furan rings is 1. The van der Waals surface area contributed by atoms with Gasteiger partial charge in [0.1, 0.15) is 11.5 Å². The van der Waals surface area contributed by atoms with Gasteiger partial charge in [0.05, 0.1) is 18.9 Å². The third kappa shape index (κ3) is 5.83. The maximum absolute atomic E-state index is 5.80. The van der Waals surface area contributed by atoms with Crippen LogP contribution in [0.15, 0.2) is 52.1 Å². The Morgan fingerprint density at radius 1 is 1.14 bits per heavy atom. The summed E-state index contributed by atoms with van der Waals surface area (Å²) in [5.74, 6) is 5.26. The quantitative estimate of drug-likeness (QED) is 0.353. The molecular formula is C21H28IN3O2S. The van der Waals surface area contributed by atoms with Crippen LogP contribution < -0.4 is 15.4 Å². The maximum Gasteiger partial charge on any atom is 0.192 e. The van der Waals surface area contributed by atoms with Crippen molar-refractivity contribution in [3.05, 3.63) is 54.0 Å². The van der Waals surface area contributed by atoms with E-state index in [2.05, 4.69) is 22.8 Å². The summed E-state index contributed by atoms with van der Waals surface area (Å²) in [6, 6.07) is 12.9. The van der Waals surface area contributed by atoms with E-state index in [1.54, 1.807) is 6.26 Å². The predicted molar refractivity (Wildman–Crippen MR) is 126 cm³/mol. The summed E-state index contributed by atoms with van der Waals surface area (Å²) in [5, 5.41) is 7.32. The van der Waals surface area contributed by atoms with Crippen LogP contribution in [0.3, 0.4) is 0 Å². The molecule has 7 heteroatoms. The Bertz CT molecular complexity index is 748. The minimum atomic E-state index is 0. The highest BCUT2D eigenvalue weighted by atomic mass is 127. The van der Waals surface area contributed by atoms with E-state index >= 15 is 0 Å². The molecule has 2 N–H and O–H groups in total. The number of aliphatic imine (C=N–C) groups is 1. The molecule has 2 aliphatic rings. The highest BCUT2D eigenvalue weighted by Crippen LogP contribution is 2.31. The van der Waals surface area contributed by atoms with Gasteiger partial charge in [0, 0.05) is 36.7 Å². The van der Waals surface area contributed by atoms with Gasteiger partial charge in [-0.3, -0.25) is 4.99 Å². The van der Waals surface area contributed by atoms with Crippen LogP contribution in [0.1, 0.15) is 36.6 Å². The normalized spacial score (nSPS) is 21.8. The third-order valence-electron chi connectivity index (χ3n) is 4.98. The molecule has 0 saturated carbocycles. The Kier molecular flexibility index (Phi) is 8.39. The highest BCUT2D eigenvalue weighted by molar-refractivity contribution is 14.0. The lowest BCUT2D eigenvalue weighted by Gasteiger charge is -2.30. The Labute approximate surface area is 188 Å². The van der Waals surface area contributed by atoms with Crippen molar-refractivity contribution in [2.75, 3.05) is 24.7 Å². The predicted octanol–water partition coefficient (Wildman–Crippen LogP) is 4.39. The van der Waals surface area contributed by atoms with Crippen LogP contribution in [0.5, 0.6) is 5.75 Å². The Morgan fingerprint density at radius 3 is 2.89 bits per heavy atom. The molecule has 1 saturated heterocycles. The van der Waals surface area contributed by atoms with E-state index in [9.17, 15) is 0 Å². The second-order valence-electron chi connectivity index (χ2n) is 6.99. The largest absolute Gasteiger partial charge is 0.493 e. The van der Waals surface area contributed by atoms with Gasteiger partial charge < -0.3 is 19.8 Å². The molecule has 1 aromatic carbocycles. The molecule has 0 spiro atoms. The van der Waals surface area contributed by atoms with Gasteiger partial charge >= 0.3 is 0 Å². The third-order valence-corrected chi connectivity index (χ3v) is 6.19. The van der Waals surface area contributed by atoms with Crippen molar-refractivity contribution in [3.8, 4) is 5.75 Å². The number of guanidine groups is 1. The number of nitrogens with zero attached hydrogens (tertiary/aromatic N) is 1. The van der Waals surface area contributed by atoms with Gasteiger partial charge in [-0.15, -0.1) is 24.0 Å². The molecule has 0 amide bonds. The van der Waals surface area contributed by atoms with Gasteiger partial charge in [0.15, 0.2) is 5.96 Å². The first-order valence-electron chi connectivity index (χ1n) is 9.78. The van der Waals surface area contributed by atoms with Crippen molar-refractivity contribution < 1.29 is 9.15 Å². The number of para-hydroxylation sites is 1. The first-order valence-corrected chi connectivity index (χ1v) is 10.9. The van der Waals surface area contributed by atoms with Crippen LogP contribution in [0.25, 0.3) is 0 Å². The zero-order valence-electron chi connectivity index (χ0n) is 15.9. The number of hydrogen-bond acceptors (Lipinski definition) is 4. The summed E-state index contributed by atoms with van der Waals surface area (Å²) in [6.07, 6.45) is 5.94. The molecule has 5 nitrogen and oxygen atoms in total. The molecule has 0 aliphatic carbocycles. The fourth-order valence-electron chi connectivity index (χ4n) is 3.57.